The van der Waals surface area contributed by atoms with E-state index in [4.69, 9.17) is 10.8 Å². The van der Waals surface area contributed by atoms with Crippen molar-refractivity contribution in [2.75, 3.05) is 0 Å². The average Bonchev–Trinajstić information content (AvgIpc) is 2.09. The number of aryl methyl sites for hydroxylation is 1. The lowest BCUT2D eigenvalue weighted by atomic mass is 10.1. The minimum Gasteiger partial charge on any atom is -0.506 e. The van der Waals surface area contributed by atoms with Gasteiger partial charge in [0.05, 0.1) is 12.3 Å². The van der Waals surface area contributed by atoms with Crippen LogP contribution in [0.2, 0.25) is 0 Å². The number of aliphatic hydroxyl groups excluding tert-OH is 1. The van der Waals surface area contributed by atoms with E-state index in [9.17, 15) is 5.11 Å². The molecule has 0 atom stereocenters. The third kappa shape index (κ3) is 2.30. The molecular weight excluding hydrogens is 192 g/mol. The van der Waals surface area contributed by atoms with Crippen molar-refractivity contribution in [1.29, 1.82) is 0 Å². The van der Waals surface area contributed by atoms with E-state index in [1.165, 1.54) is 6.20 Å². The Kier molecular flexibility index (Phi) is 4.69. The number of aromatic nitrogens is 1. The number of halogens is 1. The Morgan fingerprint density at radius 1 is 1.54 bits per heavy atom. The van der Waals surface area contributed by atoms with Crippen LogP contribution in [-0.2, 0) is 13.2 Å². The van der Waals surface area contributed by atoms with Gasteiger partial charge in [0.15, 0.2) is 0 Å². The topological polar surface area (TPSA) is 79.4 Å². The van der Waals surface area contributed by atoms with Crippen LogP contribution in [-0.4, -0.2) is 15.2 Å². The second-order valence-electron chi connectivity index (χ2n) is 2.56. The predicted octanol–water partition coefficient (Wildman–Crippen LogP) is 0.468. The maximum absolute atomic E-state index is 9.46. The number of hydrogen-bond acceptors (Lipinski definition) is 4. The Bertz CT molecular complexity index is 292. The first-order chi connectivity index (χ1) is 5.70. The molecule has 0 aliphatic carbocycles. The third-order valence-corrected chi connectivity index (χ3v) is 1.80. The summed E-state index contributed by atoms with van der Waals surface area (Å²) in [5.74, 6) is 0.0871. The fourth-order valence-electron chi connectivity index (χ4n) is 1.05. The molecule has 0 spiro atoms. The van der Waals surface area contributed by atoms with Gasteiger partial charge >= 0.3 is 0 Å². The Balaban J connectivity index is 0.00000144. The van der Waals surface area contributed by atoms with Crippen LogP contribution in [0, 0.1) is 6.92 Å². The fourth-order valence-corrected chi connectivity index (χ4v) is 1.05. The summed E-state index contributed by atoms with van der Waals surface area (Å²) in [4.78, 5) is 3.89. The van der Waals surface area contributed by atoms with Crippen LogP contribution in [0.4, 0.5) is 0 Å². The molecule has 0 aromatic carbocycles. The zero-order valence-electron chi connectivity index (χ0n) is 7.32. The molecule has 0 aliphatic heterocycles. The highest BCUT2D eigenvalue weighted by Gasteiger charge is 2.08. The number of nitrogens with two attached hydrogens (primary N) is 1. The van der Waals surface area contributed by atoms with Crippen molar-refractivity contribution in [3.8, 4) is 5.75 Å². The minimum absolute atomic E-state index is 0. The molecule has 4 nitrogen and oxygen atoms in total. The van der Waals surface area contributed by atoms with Gasteiger partial charge in [-0.15, -0.1) is 12.4 Å². The van der Waals surface area contributed by atoms with Gasteiger partial charge in [-0.3, -0.25) is 4.98 Å². The minimum atomic E-state index is -0.145. The Hall–Kier alpha value is -0.840. The monoisotopic (exact) mass is 204 g/mol. The van der Waals surface area contributed by atoms with E-state index in [1.54, 1.807) is 6.92 Å². The lowest BCUT2D eigenvalue weighted by Gasteiger charge is -2.08. The zero-order chi connectivity index (χ0) is 9.14. The average molecular weight is 205 g/mol. The predicted molar refractivity (Wildman–Crippen MR) is 51.7 cm³/mol. The molecule has 0 fully saturated rings. The van der Waals surface area contributed by atoms with Gasteiger partial charge < -0.3 is 15.9 Å². The highest BCUT2D eigenvalue weighted by Crippen LogP contribution is 2.22. The Morgan fingerprint density at radius 3 is 2.62 bits per heavy atom. The van der Waals surface area contributed by atoms with Crippen LogP contribution in [0.15, 0.2) is 6.20 Å². The fraction of sp³-hybridized carbons (Fsp3) is 0.375. The molecule has 1 rings (SSSR count). The van der Waals surface area contributed by atoms with Crippen LogP contribution in [0.5, 0.6) is 5.75 Å². The van der Waals surface area contributed by atoms with Crippen LogP contribution < -0.4 is 5.73 Å². The summed E-state index contributed by atoms with van der Waals surface area (Å²) in [6.45, 7) is 1.76. The number of pyridine rings is 1. The van der Waals surface area contributed by atoms with E-state index >= 15 is 0 Å². The summed E-state index contributed by atoms with van der Waals surface area (Å²) < 4.78 is 0. The molecule has 1 aromatic heterocycles. The molecule has 13 heavy (non-hydrogen) atoms. The summed E-state index contributed by atoms with van der Waals surface area (Å²) >= 11 is 0. The van der Waals surface area contributed by atoms with Crippen LogP contribution in [0.3, 0.4) is 0 Å². The highest BCUT2D eigenvalue weighted by atomic mass is 35.5. The number of hydrogen-bond donors (Lipinski definition) is 3. The van der Waals surface area contributed by atoms with E-state index in [0.717, 1.165) is 0 Å². The molecule has 1 heterocycles. The molecule has 0 aliphatic rings. The van der Waals surface area contributed by atoms with Gasteiger partial charge in [0.1, 0.15) is 5.75 Å². The molecule has 4 N–H and O–H groups in total. The van der Waals surface area contributed by atoms with Crippen molar-refractivity contribution in [2.45, 2.75) is 20.1 Å². The summed E-state index contributed by atoms with van der Waals surface area (Å²) in [6, 6.07) is 0. The molecule has 0 saturated heterocycles. The second kappa shape index (κ2) is 5.01. The molecule has 1 aromatic rings. The lowest BCUT2D eigenvalue weighted by molar-refractivity contribution is 0.279. The van der Waals surface area contributed by atoms with Gasteiger partial charge in [-0.25, -0.2) is 0 Å². The number of rotatable bonds is 2. The van der Waals surface area contributed by atoms with Gasteiger partial charge in [0.2, 0.25) is 0 Å². The van der Waals surface area contributed by atoms with Gasteiger partial charge in [-0.2, -0.15) is 0 Å². The highest BCUT2D eigenvalue weighted by molar-refractivity contribution is 5.85. The van der Waals surface area contributed by atoms with E-state index < -0.39 is 0 Å². The van der Waals surface area contributed by atoms with Crippen molar-refractivity contribution in [3.63, 3.8) is 0 Å². The van der Waals surface area contributed by atoms with Gasteiger partial charge in [-0.1, -0.05) is 0 Å². The normalized spacial score (nSPS) is 9.46. The van der Waals surface area contributed by atoms with Gasteiger partial charge in [0.25, 0.3) is 0 Å². The first-order valence-corrected chi connectivity index (χ1v) is 3.68. The van der Waals surface area contributed by atoms with E-state index in [2.05, 4.69) is 4.98 Å². The van der Waals surface area contributed by atoms with E-state index in [0.29, 0.717) is 16.8 Å². The molecule has 0 amide bonds. The first-order valence-electron chi connectivity index (χ1n) is 3.68. The van der Waals surface area contributed by atoms with Crippen molar-refractivity contribution in [1.82, 2.24) is 4.98 Å². The molecule has 0 bridgehead atoms. The van der Waals surface area contributed by atoms with Crippen molar-refractivity contribution in [3.05, 3.63) is 23.0 Å². The maximum atomic E-state index is 9.46. The quantitative estimate of drug-likeness (QED) is 0.654. The SMILES string of the molecule is Cc1ncc(CO)c(CN)c1O.Cl. The van der Waals surface area contributed by atoms with Gasteiger partial charge in [-0.05, 0) is 6.92 Å². The Labute approximate surface area is 82.8 Å². The summed E-state index contributed by atoms with van der Waals surface area (Å²) in [5.41, 5.74) is 7.09. The molecule has 0 radical (unpaired) electrons. The Morgan fingerprint density at radius 2 is 2.15 bits per heavy atom. The zero-order valence-corrected chi connectivity index (χ0v) is 8.14. The lowest BCUT2D eigenvalue weighted by Crippen LogP contribution is -2.04. The van der Waals surface area contributed by atoms with Crippen LogP contribution in [0.1, 0.15) is 16.8 Å². The molecule has 5 heteroatoms. The molecular formula is C8H13ClN2O2. The second-order valence-corrected chi connectivity index (χ2v) is 2.56. The van der Waals surface area contributed by atoms with Crippen molar-refractivity contribution >= 4 is 12.4 Å². The number of aliphatic hydroxyl groups is 1. The summed E-state index contributed by atoms with van der Waals surface area (Å²) in [6.07, 6.45) is 1.53. The largest absolute Gasteiger partial charge is 0.506 e. The third-order valence-electron chi connectivity index (χ3n) is 1.80. The van der Waals surface area contributed by atoms with E-state index in [-0.39, 0.29) is 31.3 Å². The molecule has 0 saturated carbocycles. The standard InChI is InChI=1S/C8H12N2O2.ClH/c1-5-8(12)7(2-9)6(4-11)3-10-5;/h3,11-12H,2,4,9H2,1H3;1H. The van der Waals surface area contributed by atoms with Crippen molar-refractivity contribution < 1.29 is 10.2 Å². The number of nitrogens with zero attached hydrogens (tertiary/aromatic N) is 1. The number of aromatic hydroxyl groups is 1. The van der Waals surface area contributed by atoms with E-state index in [1.807, 2.05) is 0 Å². The summed E-state index contributed by atoms with van der Waals surface area (Å²) in [7, 11) is 0. The van der Waals surface area contributed by atoms with Crippen LogP contribution >= 0.6 is 12.4 Å². The van der Waals surface area contributed by atoms with Crippen molar-refractivity contribution in [2.24, 2.45) is 5.73 Å². The molecule has 74 valence electrons. The van der Waals surface area contributed by atoms with Crippen LogP contribution in [0.25, 0.3) is 0 Å². The molecule has 0 unspecified atom stereocenters. The maximum Gasteiger partial charge on any atom is 0.141 e. The summed E-state index contributed by atoms with van der Waals surface area (Å²) in [5, 5.41) is 18.3. The first kappa shape index (κ1) is 12.2. The van der Waals surface area contributed by atoms with Gasteiger partial charge in [0, 0.05) is 23.9 Å². The smallest absolute Gasteiger partial charge is 0.141 e.